The summed E-state index contributed by atoms with van der Waals surface area (Å²) in [6.45, 7) is 1.10. The average Bonchev–Trinajstić information content (AvgIpc) is 2.78. The SMILES string of the molecule is COc1ccc(C(C)=O)cc1CC(=O)OCC(=O)c1ccc(-c2ccccc2)cc1. The van der Waals surface area contributed by atoms with Gasteiger partial charge in [0.15, 0.2) is 18.2 Å². The molecule has 5 heteroatoms. The second kappa shape index (κ2) is 9.65. The molecule has 0 spiro atoms. The van der Waals surface area contributed by atoms with E-state index in [0.717, 1.165) is 11.1 Å². The molecule has 3 aromatic carbocycles. The molecule has 0 fully saturated rings. The fourth-order valence-electron chi connectivity index (χ4n) is 3.05. The van der Waals surface area contributed by atoms with Gasteiger partial charge in [0, 0.05) is 16.7 Å². The van der Waals surface area contributed by atoms with Gasteiger partial charge in [0.2, 0.25) is 0 Å². The Labute approximate surface area is 175 Å². The summed E-state index contributed by atoms with van der Waals surface area (Å²) in [4.78, 5) is 36.2. The minimum atomic E-state index is -0.566. The van der Waals surface area contributed by atoms with Crippen LogP contribution in [0, 0.1) is 0 Å². The van der Waals surface area contributed by atoms with Crippen LogP contribution < -0.4 is 4.74 Å². The van der Waals surface area contributed by atoms with E-state index >= 15 is 0 Å². The van der Waals surface area contributed by atoms with Crippen LogP contribution in [0.5, 0.6) is 5.75 Å². The molecule has 0 bridgehead atoms. The van der Waals surface area contributed by atoms with Crippen LogP contribution in [0.2, 0.25) is 0 Å². The van der Waals surface area contributed by atoms with Crippen LogP contribution in [0.4, 0.5) is 0 Å². The van der Waals surface area contributed by atoms with Crippen molar-refractivity contribution in [1.29, 1.82) is 0 Å². The summed E-state index contributed by atoms with van der Waals surface area (Å²) in [7, 11) is 1.49. The van der Waals surface area contributed by atoms with Gasteiger partial charge >= 0.3 is 5.97 Å². The van der Waals surface area contributed by atoms with Crippen molar-refractivity contribution in [3.8, 4) is 16.9 Å². The molecular formula is C25H22O5. The number of benzene rings is 3. The largest absolute Gasteiger partial charge is 0.496 e. The van der Waals surface area contributed by atoms with E-state index in [0.29, 0.717) is 22.4 Å². The van der Waals surface area contributed by atoms with Gasteiger partial charge in [0.25, 0.3) is 0 Å². The zero-order valence-electron chi connectivity index (χ0n) is 16.9. The van der Waals surface area contributed by atoms with E-state index in [-0.39, 0.29) is 24.6 Å². The summed E-state index contributed by atoms with van der Waals surface area (Å²) in [5, 5.41) is 0. The summed E-state index contributed by atoms with van der Waals surface area (Å²) in [5.74, 6) is -0.475. The van der Waals surface area contributed by atoms with E-state index in [9.17, 15) is 14.4 Å². The van der Waals surface area contributed by atoms with E-state index in [1.165, 1.54) is 14.0 Å². The number of Topliss-reactive ketones (excluding diaryl/α,β-unsaturated/α-hetero) is 2. The number of esters is 1. The van der Waals surface area contributed by atoms with E-state index in [1.54, 1.807) is 30.3 Å². The zero-order valence-corrected chi connectivity index (χ0v) is 16.9. The van der Waals surface area contributed by atoms with Gasteiger partial charge in [0.05, 0.1) is 13.5 Å². The number of carbonyl (C=O) groups is 3. The van der Waals surface area contributed by atoms with Crippen molar-refractivity contribution in [2.45, 2.75) is 13.3 Å². The Kier molecular flexibility index (Phi) is 6.75. The zero-order chi connectivity index (χ0) is 21.5. The minimum absolute atomic E-state index is 0.0927. The molecule has 5 nitrogen and oxygen atoms in total. The van der Waals surface area contributed by atoms with Crippen LogP contribution in [0.1, 0.15) is 33.2 Å². The Morgan fingerprint density at radius 3 is 2.07 bits per heavy atom. The lowest BCUT2D eigenvalue weighted by Gasteiger charge is -2.10. The van der Waals surface area contributed by atoms with Crippen molar-refractivity contribution < 1.29 is 23.9 Å². The van der Waals surface area contributed by atoms with Gasteiger partial charge in [-0.05, 0) is 36.2 Å². The molecule has 0 atom stereocenters. The second-order valence-electron chi connectivity index (χ2n) is 6.79. The van der Waals surface area contributed by atoms with E-state index in [2.05, 4.69) is 0 Å². The van der Waals surface area contributed by atoms with E-state index in [4.69, 9.17) is 9.47 Å². The van der Waals surface area contributed by atoms with Crippen molar-refractivity contribution in [2.75, 3.05) is 13.7 Å². The normalized spacial score (nSPS) is 10.3. The maximum Gasteiger partial charge on any atom is 0.310 e. The molecule has 0 heterocycles. The first-order valence-electron chi connectivity index (χ1n) is 9.50. The molecule has 0 unspecified atom stereocenters. The highest BCUT2D eigenvalue weighted by molar-refractivity contribution is 5.98. The first kappa shape index (κ1) is 21.0. The monoisotopic (exact) mass is 402 g/mol. The number of carbonyl (C=O) groups excluding carboxylic acids is 3. The second-order valence-corrected chi connectivity index (χ2v) is 6.79. The third kappa shape index (κ3) is 5.20. The summed E-state index contributed by atoms with van der Waals surface area (Å²) < 4.78 is 10.4. The van der Waals surface area contributed by atoms with Crippen LogP contribution in [-0.2, 0) is 16.0 Å². The van der Waals surface area contributed by atoms with Crippen molar-refractivity contribution in [3.63, 3.8) is 0 Å². The summed E-state index contributed by atoms with van der Waals surface area (Å²) in [5.41, 5.74) is 3.55. The van der Waals surface area contributed by atoms with Crippen molar-refractivity contribution in [2.24, 2.45) is 0 Å². The van der Waals surface area contributed by atoms with Gasteiger partial charge in [0.1, 0.15) is 5.75 Å². The molecule has 0 aliphatic heterocycles. The summed E-state index contributed by atoms with van der Waals surface area (Å²) in [6.07, 6.45) is -0.0927. The molecule has 0 saturated carbocycles. The van der Waals surface area contributed by atoms with Crippen molar-refractivity contribution >= 4 is 17.5 Å². The Morgan fingerprint density at radius 2 is 1.43 bits per heavy atom. The number of methoxy groups -OCH3 is 1. The molecule has 3 aromatic rings. The van der Waals surface area contributed by atoms with Gasteiger partial charge in [-0.3, -0.25) is 14.4 Å². The predicted molar refractivity (Wildman–Crippen MR) is 114 cm³/mol. The van der Waals surface area contributed by atoms with Gasteiger partial charge in [-0.2, -0.15) is 0 Å². The molecule has 0 saturated heterocycles. The van der Waals surface area contributed by atoms with Crippen molar-refractivity contribution in [3.05, 3.63) is 89.5 Å². The number of ether oxygens (including phenoxy) is 2. The lowest BCUT2D eigenvalue weighted by atomic mass is 10.0. The van der Waals surface area contributed by atoms with Crippen LogP contribution in [-0.4, -0.2) is 31.3 Å². The van der Waals surface area contributed by atoms with Crippen molar-refractivity contribution in [1.82, 2.24) is 0 Å². The van der Waals surface area contributed by atoms with Gasteiger partial charge in [-0.1, -0.05) is 54.6 Å². The molecule has 0 amide bonds. The highest BCUT2D eigenvalue weighted by atomic mass is 16.5. The Balaban J connectivity index is 1.60. The summed E-state index contributed by atoms with van der Waals surface area (Å²) in [6, 6.07) is 21.9. The lowest BCUT2D eigenvalue weighted by molar-refractivity contribution is -0.141. The number of hydrogen-bond acceptors (Lipinski definition) is 5. The molecule has 30 heavy (non-hydrogen) atoms. The van der Waals surface area contributed by atoms with Gasteiger partial charge < -0.3 is 9.47 Å². The summed E-state index contributed by atoms with van der Waals surface area (Å²) >= 11 is 0. The number of hydrogen-bond donors (Lipinski definition) is 0. The molecule has 3 rings (SSSR count). The smallest absolute Gasteiger partial charge is 0.310 e. The van der Waals surface area contributed by atoms with Crippen LogP contribution in [0.3, 0.4) is 0 Å². The quantitative estimate of drug-likeness (QED) is 0.409. The molecule has 152 valence electrons. The first-order valence-corrected chi connectivity index (χ1v) is 9.50. The number of rotatable bonds is 8. The van der Waals surface area contributed by atoms with Gasteiger partial charge in [-0.25, -0.2) is 0 Å². The first-order chi connectivity index (χ1) is 14.5. The molecule has 0 aromatic heterocycles. The third-order valence-corrected chi connectivity index (χ3v) is 4.70. The third-order valence-electron chi connectivity index (χ3n) is 4.70. The van der Waals surface area contributed by atoms with Crippen LogP contribution >= 0.6 is 0 Å². The fraction of sp³-hybridized carbons (Fsp3) is 0.160. The highest BCUT2D eigenvalue weighted by Crippen LogP contribution is 2.22. The average molecular weight is 402 g/mol. The topological polar surface area (TPSA) is 69.7 Å². The Bertz CT molecular complexity index is 1050. The Hall–Kier alpha value is -3.73. The van der Waals surface area contributed by atoms with Crippen LogP contribution in [0.25, 0.3) is 11.1 Å². The molecule has 0 aliphatic rings. The standard InChI is InChI=1S/C25H22O5/c1-17(26)21-12-13-24(29-2)22(14-21)15-25(28)30-16-23(27)20-10-8-19(9-11-20)18-6-4-3-5-7-18/h3-14H,15-16H2,1-2H3. The highest BCUT2D eigenvalue weighted by Gasteiger charge is 2.15. The molecule has 0 aliphatic carbocycles. The Morgan fingerprint density at radius 1 is 0.800 bits per heavy atom. The minimum Gasteiger partial charge on any atom is -0.496 e. The molecule has 0 radical (unpaired) electrons. The predicted octanol–water partition coefficient (Wildman–Crippen LogP) is 4.53. The maximum atomic E-state index is 12.4. The lowest BCUT2D eigenvalue weighted by Crippen LogP contribution is -2.16. The molecular weight excluding hydrogens is 380 g/mol. The van der Waals surface area contributed by atoms with Crippen LogP contribution in [0.15, 0.2) is 72.8 Å². The van der Waals surface area contributed by atoms with E-state index in [1.807, 2.05) is 42.5 Å². The van der Waals surface area contributed by atoms with E-state index < -0.39 is 5.97 Å². The number of ketones is 2. The molecule has 0 N–H and O–H groups in total. The maximum absolute atomic E-state index is 12.4. The fourth-order valence-corrected chi connectivity index (χ4v) is 3.05. The van der Waals surface area contributed by atoms with Gasteiger partial charge in [-0.15, -0.1) is 0 Å².